The predicted molar refractivity (Wildman–Crippen MR) is 58.0 cm³/mol. The number of alkyl halides is 3. The van der Waals surface area contributed by atoms with Crippen molar-refractivity contribution in [1.29, 1.82) is 0 Å². The topological polar surface area (TPSA) is 12.0 Å². The number of hydrogen-bond donors (Lipinski definition) is 1. The van der Waals surface area contributed by atoms with Crippen molar-refractivity contribution in [3.8, 4) is 0 Å². The first-order valence-electron chi connectivity index (χ1n) is 5.02. The SMILES string of the molecule is C=CCCNCc1ccc(C(F)(F)F)cc1. The summed E-state index contributed by atoms with van der Waals surface area (Å²) >= 11 is 0. The van der Waals surface area contributed by atoms with Crippen LogP contribution in [0.5, 0.6) is 0 Å². The van der Waals surface area contributed by atoms with Crippen LogP contribution in [-0.2, 0) is 12.7 Å². The third kappa shape index (κ3) is 4.06. The lowest BCUT2D eigenvalue weighted by Crippen LogP contribution is -2.14. The Balaban J connectivity index is 2.48. The van der Waals surface area contributed by atoms with Gasteiger partial charge in [0.25, 0.3) is 0 Å². The van der Waals surface area contributed by atoms with Gasteiger partial charge in [0.15, 0.2) is 0 Å². The van der Waals surface area contributed by atoms with Crippen LogP contribution in [0.2, 0.25) is 0 Å². The second-order valence-corrected chi connectivity index (χ2v) is 3.45. The van der Waals surface area contributed by atoms with Crippen LogP contribution >= 0.6 is 0 Å². The molecule has 0 aliphatic carbocycles. The van der Waals surface area contributed by atoms with Crippen LogP contribution in [0, 0.1) is 0 Å². The fraction of sp³-hybridized carbons (Fsp3) is 0.333. The van der Waals surface area contributed by atoms with Crippen molar-refractivity contribution in [3.63, 3.8) is 0 Å². The van der Waals surface area contributed by atoms with E-state index in [0.717, 1.165) is 30.7 Å². The maximum atomic E-state index is 12.2. The van der Waals surface area contributed by atoms with Crippen LogP contribution in [0.15, 0.2) is 36.9 Å². The summed E-state index contributed by atoms with van der Waals surface area (Å²) in [5.74, 6) is 0. The highest BCUT2D eigenvalue weighted by molar-refractivity contribution is 5.24. The van der Waals surface area contributed by atoms with E-state index in [9.17, 15) is 13.2 Å². The Morgan fingerprint density at radius 2 is 1.81 bits per heavy atom. The molecule has 16 heavy (non-hydrogen) atoms. The highest BCUT2D eigenvalue weighted by Crippen LogP contribution is 2.28. The summed E-state index contributed by atoms with van der Waals surface area (Å²) in [4.78, 5) is 0. The molecule has 0 saturated carbocycles. The first kappa shape index (κ1) is 12.8. The lowest BCUT2D eigenvalue weighted by molar-refractivity contribution is -0.137. The Morgan fingerprint density at radius 1 is 1.19 bits per heavy atom. The van der Waals surface area contributed by atoms with Crippen molar-refractivity contribution >= 4 is 0 Å². The van der Waals surface area contributed by atoms with Crippen LogP contribution in [0.1, 0.15) is 17.5 Å². The summed E-state index contributed by atoms with van der Waals surface area (Å²) in [7, 11) is 0. The van der Waals surface area contributed by atoms with E-state index in [2.05, 4.69) is 11.9 Å². The Hall–Kier alpha value is -1.29. The van der Waals surface area contributed by atoms with E-state index >= 15 is 0 Å². The van der Waals surface area contributed by atoms with Gasteiger partial charge in [-0.15, -0.1) is 6.58 Å². The van der Waals surface area contributed by atoms with Gasteiger partial charge in [-0.3, -0.25) is 0 Å². The van der Waals surface area contributed by atoms with E-state index in [4.69, 9.17) is 0 Å². The molecule has 1 rings (SSSR count). The molecule has 88 valence electrons. The summed E-state index contributed by atoms with van der Waals surface area (Å²) in [6.45, 7) is 4.94. The van der Waals surface area contributed by atoms with Crippen molar-refractivity contribution < 1.29 is 13.2 Å². The third-order valence-corrected chi connectivity index (χ3v) is 2.14. The van der Waals surface area contributed by atoms with Crippen LogP contribution in [-0.4, -0.2) is 6.54 Å². The van der Waals surface area contributed by atoms with Crippen molar-refractivity contribution in [2.75, 3.05) is 6.54 Å². The van der Waals surface area contributed by atoms with Crippen molar-refractivity contribution in [2.45, 2.75) is 19.1 Å². The molecular weight excluding hydrogens is 215 g/mol. The lowest BCUT2D eigenvalue weighted by atomic mass is 10.1. The van der Waals surface area contributed by atoms with Crippen molar-refractivity contribution in [1.82, 2.24) is 5.32 Å². The first-order chi connectivity index (χ1) is 7.54. The van der Waals surface area contributed by atoms with E-state index in [1.165, 1.54) is 12.1 Å². The molecule has 1 aromatic carbocycles. The molecule has 0 aromatic heterocycles. The molecule has 1 N–H and O–H groups in total. The molecule has 0 atom stereocenters. The van der Waals surface area contributed by atoms with Gasteiger partial charge < -0.3 is 5.32 Å². The molecule has 1 nitrogen and oxygen atoms in total. The maximum absolute atomic E-state index is 12.2. The molecule has 0 spiro atoms. The van der Waals surface area contributed by atoms with Gasteiger partial charge in [0.2, 0.25) is 0 Å². The molecule has 0 aliphatic heterocycles. The fourth-order valence-corrected chi connectivity index (χ4v) is 1.25. The smallest absolute Gasteiger partial charge is 0.312 e. The fourth-order valence-electron chi connectivity index (χ4n) is 1.25. The second kappa shape index (κ2) is 5.70. The summed E-state index contributed by atoms with van der Waals surface area (Å²) < 4.78 is 36.7. The predicted octanol–water partition coefficient (Wildman–Crippen LogP) is 3.37. The van der Waals surface area contributed by atoms with E-state index in [1.54, 1.807) is 6.08 Å². The van der Waals surface area contributed by atoms with Gasteiger partial charge in [-0.2, -0.15) is 13.2 Å². The van der Waals surface area contributed by atoms with Crippen LogP contribution < -0.4 is 5.32 Å². The Kier molecular flexibility index (Phi) is 4.55. The van der Waals surface area contributed by atoms with E-state index in [-0.39, 0.29) is 0 Å². The van der Waals surface area contributed by atoms with Crippen LogP contribution in [0.4, 0.5) is 13.2 Å². The first-order valence-corrected chi connectivity index (χ1v) is 5.02. The molecule has 0 unspecified atom stereocenters. The molecule has 4 heteroatoms. The number of halogens is 3. The minimum Gasteiger partial charge on any atom is -0.312 e. The van der Waals surface area contributed by atoms with Gasteiger partial charge in [-0.25, -0.2) is 0 Å². The molecule has 0 heterocycles. The zero-order valence-corrected chi connectivity index (χ0v) is 8.85. The summed E-state index contributed by atoms with van der Waals surface area (Å²) in [6, 6.07) is 5.18. The number of hydrogen-bond acceptors (Lipinski definition) is 1. The average molecular weight is 229 g/mol. The minimum absolute atomic E-state index is 0.575. The largest absolute Gasteiger partial charge is 0.416 e. The van der Waals surface area contributed by atoms with E-state index in [0.29, 0.717) is 6.54 Å². The Labute approximate surface area is 93.0 Å². The van der Waals surface area contributed by atoms with Crippen molar-refractivity contribution in [2.24, 2.45) is 0 Å². The molecule has 0 saturated heterocycles. The van der Waals surface area contributed by atoms with Crippen LogP contribution in [0.3, 0.4) is 0 Å². The van der Waals surface area contributed by atoms with Gasteiger partial charge >= 0.3 is 6.18 Å². The zero-order valence-electron chi connectivity index (χ0n) is 8.85. The molecule has 0 bridgehead atoms. The van der Waals surface area contributed by atoms with Gasteiger partial charge in [-0.1, -0.05) is 18.2 Å². The summed E-state index contributed by atoms with van der Waals surface area (Å²) in [5.41, 5.74) is 0.236. The van der Waals surface area contributed by atoms with Gasteiger partial charge in [0, 0.05) is 6.54 Å². The highest BCUT2D eigenvalue weighted by Gasteiger charge is 2.29. The van der Waals surface area contributed by atoms with Gasteiger partial charge in [0.1, 0.15) is 0 Å². The molecular formula is C12H14F3N. The van der Waals surface area contributed by atoms with Gasteiger partial charge in [-0.05, 0) is 30.7 Å². The summed E-state index contributed by atoms with van der Waals surface area (Å²) in [6.07, 6.45) is -1.62. The number of benzene rings is 1. The third-order valence-electron chi connectivity index (χ3n) is 2.14. The number of rotatable bonds is 5. The standard InChI is InChI=1S/C12H14F3N/c1-2-3-8-16-9-10-4-6-11(7-5-10)12(13,14)15/h2,4-7,16H,1,3,8-9H2. The highest BCUT2D eigenvalue weighted by atomic mass is 19.4. The van der Waals surface area contributed by atoms with E-state index < -0.39 is 11.7 Å². The second-order valence-electron chi connectivity index (χ2n) is 3.45. The molecule has 0 amide bonds. The molecule has 1 aromatic rings. The normalized spacial score (nSPS) is 11.4. The molecule has 0 aliphatic rings. The molecule has 0 radical (unpaired) electrons. The van der Waals surface area contributed by atoms with E-state index in [1.807, 2.05) is 0 Å². The van der Waals surface area contributed by atoms with Crippen LogP contribution in [0.25, 0.3) is 0 Å². The average Bonchev–Trinajstić information content (AvgIpc) is 2.24. The van der Waals surface area contributed by atoms with Gasteiger partial charge in [0.05, 0.1) is 5.56 Å². The Morgan fingerprint density at radius 3 is 2.31 bits per heavy atom. The Bertz CT molecular complexity index is 327. The van der Waals surface area contributed by atoms with Crippen molar-refractivity contribution in [3.05, 3.63) is 48.0 Å². The number of nitrogens with one attached hydrogen (secondary N) is 1. The molecule has 0 fully saturated rings. The minimum atomic E-state index is -4.26. The quantitative estimate of drug-likeness (QED) is 0.603. The zero-order chi connectivity index (χ0) is 12.0. The monoisotopic (exact) mass is 229 g/mol. The summed E-state index contributed by atoms with van der Waals surface area (Å²) in [5, 5.41) is 3.11. The maximum Gasteiger partial charge on any atom is 0.416 e. The lowest BCUT2D eigenvalue weighted by Gasteiger charge is -2.08.